The van der Waals surface area contributed by atoms with Crippen LogP contribution in [0.15, 0.2) is 0 Å². The van der Waals surface area contributed by atoms with Gasteiger partial charge in [0.05, 0.1) is 5.37 Å². The zero-order valence-electron chi connectivity index (χ0n) is 7.64. The molecule has 0 aromatic carbocycles. The average molecular weight is 161 g/mol. The number of nitrogens with one attached hydrogen (secondary N) is 1. The first-order chi connectivity index (χ1) is 4.51. The first kappa shape index (κ1) is 8.41. The lowest BCUT2D eigenvalue weighted by molar-refractivity contribution is 1.02. The summed E-state index contributed by atoms with van der Waals surface area (Å²) in [6.07, 6.45) is 0. The van der Waals surface area contributed by atoms with E-state index in [9.17, 15) is 0 Å². The van der Waals surface area contributed by atoms with Crippen LogP contribution in [-0.4, -0.2) is 15.9 Å². The molecule has 10 heavy (non-hydrogen) atoms. The third-order valence-electron chi connectivity index (χ3n) is 2.46. The Labute approximate surface area is 66.0 Å². The summed E-state index contributed by atoms with van der Waals surface area (Å²) in [7, 11) is -0.394. The van der Waals surface area contributed by atoms with Crippen LogP contribution in [0.25, 0.3) is 0 Å². The summed E-state index contributed by atoms with van der Waals surface area (Å²) in [6.45, 7) is 11.7. The van der Waals surface area contributed by atoms with Gasteiger partial charge in [0.15, 0.2) is 0 Å². The molecule has 1 rings (SSSR count). The van der Waals surface area contributed by atoms with E-state index < -0.39 is 10.2 Å². The smallest absolute Gasteiger partial charge is 0.0548 e. The van der Waals surface area contributed by atoms with E-state index in [1.807, 2.05) is 0 Å². The third kappa shape index (κ3) is 0.978. The van der Waals surface area contributed by atoms with Gasteiger partial charge in [-0.05, 0) is 17.4 Å². The molecule has 1 N–H and O–H groups in total. The van der Waals surface area contributed by atoms with Gasteiger partial charge in [0.25, 0.3) is 0 Å². The van der Waals surface area contributed by atoms with Crippen molar-refractivity contribution in [2.45, 2.75) is 50.5 Å². The first-order valence-corrected chi connectivity index (χ1v) is 5.91. The summed E-state index contributed by atoms with van der Waals surface area (Å²) in [6, 6.07) is 0. The summed E-state index contributed by atoms with van der Waals surface area (Å²) in [5.74, 6) is 0. The lowest BCUT2D eigenvalue weighted by Gasteiger charge is -2.29. The molecular formula is C8H19NS. The number of rotatable bonds is 2. The molecule has 1 saturated heterocycles. The van der Waals surface area contributed by atoms with Gasteiger partial charge in [0.2, 0.25) is 0 Å². The molecule has 1 atom stereocenters. The Morgan fingerprint density at radius 3 is 1.40 bits per heavy atom. The first-order valence-electron chi connectivity index (χ1n) is 4.09. The minimum atomic E-state index is -0.394. The van der Waals surface area contributed by atoms with Gasteiger partial charge < -0.3 is 0 Å². The Morgan fingerprint density at radius 2 is 1.40 bits per heavy atom. The zero-order chi connectivity index (χ0) is 7.94. The van der Waals surface area contributed by atoms with Crippen molar-refractivity contribution in [1.29, 1.82) is 0 Å². The monoisotopic (exact) mass is 161 g/mol. The molecule has 2 heteroatoms. The van der Waals surface area contributed by atoms with Gasteiger partial charge in [-0.15, -0.1) is 0 Å². The van der Waals surface area contributed by atoms with Gasteiger partial charge in [0, 0.05) is 0 Å². The second-order valence-corrected chi connectivity index (χ2v) is 7.97. The second kappa shape index (κ2) is 2.42. The van der Waals surface area contributed by atoms with Crippen LogP contribution in [0.2, 0.25) is 0 Å². The molecule has 0 amide bonds. The molecule has 0 aromatic rings. The van der Waals surface area contributed by atoms with Crippen molar-refractivity contribution < 1.29 is 0 Å². The highest BCUT2D eigenvalue weighted by Crippen LogP contribution is 2.68. The maximum atomic E-state index is 3.63. The highest BCUT2D eigenvalue weighted by molar-refractivity contribution is 8.38. The predicted molar refractivity (Wildman–Crippen MR) is 50.5 cm³/mol. The van der Waals surface area contributed by atoms with Crippen LogP contribution >= 0.6 is 10.2 Å². The molecule has 1 nitrogen and oxygen atoms in total. The lowest BCUT2D eigenvalue weighted by Crippen LogP contribution is -2.12. The minimum absolute atomic E-state index is 0.394. The number of hydrogen-bond donors (Lipinski definition) is 1. The fraction of sp³-hybridized carbons (Fsp3) is 1.00. The summed E-state index contributed by atoms with van der Waals surface area (Å²) in [4.78, 5) is 0. The molecule has 1 fully saturated rings. The van der Waals surface area contributed by atoms with E-state index in [-0.39, 0.29) is 0 Å². The summed E-state index contributed by atoms with van der Waals surface area (Å²) in [5, 5.41) is 2.51. The van der Waals surface area contributed by atoms with Crippen molar-refractivity contribution in [2.24, 2.45) is 0 Å². The van der Waals surface area contributed by atoms with Crippen molar-refractivity contribution in [2.75, 3.05) is 0 Å². The van der Waals surface area contributed by atoms with Crippen LogP contribution in [0.5, 0.6) is 0 Å². The Hall–Kier alpha value is 0.310. The van der Waals surface area contributed by atoms with E-state index in [2.05, 4.69) is 39.3 Å². The van der Waals surface area contributed by atoms with Crippen LogP contribution in [0.4, 0.5) is 0 Å². The van der Waals surface area contributed by atoms with Crippen LogP contribution in [0.1, 0.15) is 34.6 Å². The largest absolute Gasteiger partial charge is 0.267 e. The molecule has 1 aliphatic rings. The summed E-state index contributed by atoms with van der Waals surface area (Å²) in [5.41, 5.74) is 0. The van der Waals surface area contributed by atoms with Gasteiger partial charge in [-0.2, -0.15) is 10.2 Å². The average Bonchev–Trinajstić information content (AvgIpc) is 2.42. The second-order valence-electron chi connectivity index (χ2n) is 3.62. The molecule has 0 bridgehead atoms. The molecule has 0 aliphatic carbocycles. The maximum Gasteiger partial charge on any atom is 0.0548 e. The molecule has 1 heterocycles. The third-order valence-corrected chi connectivity index (χ3v) is 7.37. The predicted octanol–water partition coefficient (Wildman–Crippen LogP) is 2.47. The zero-order valence-corrected chi connectivity index (χ0v) is 8.46. The molecule has 0 aromatic heterocycles. The Bertz CT molecular complexity index is 123. The van der Waals surface area contributed by atoms with E-state index in [1.54, 1.807) is 0 Å². The quantitative estimate of drug-likeness (QED) is 0.617. The van der Waals surface area contributed by atoms with Crippen molar-refractivity contribution in [3.63, 3.8) is 0 Å². The van der Waals surface area contributed by atoms with Gasteiger partial charge in [-0.25, -0.2) is 0 Å². The minimum Gasteiger partial charge on any atom is -0.267 e. The lowest BCUT2D eigenvalue weighted by atomic mass is 10.5. The Kier molecular flexibility index (Phi) is 2.03. The molecule has 1 unspecified atom stereocenters. The highest BCUT2D eigenvalue weighted by Gasteiger charge is 2.49. The van der Waals surface area contributed by atoms with Gasteiger partial charge in [0.1, 0.15) is 0 Å². The molecule has 0 radical (unpaired) electrons. The molecule has 1 aliphatic heterocycles. The topological polar surface area (TPSA) is 21.9 Å². The van der Waals surface area contributed by atoms with E-state index in [1.165, 1.54) is 0 Å². The van der Waals surface area contributed by atoms with Crippen LogP contribution in [0, 0.1) is 0 Å². The Balaban J connectivity index is 2.64. The summed E-state index contributed by atoms with van der Waals surface area (Å²) < 4.78 is 3.63. The summed E-state index contributed by atoms with van der Waals surface area (Å²) >= 11 is 0. The van der Waals surface area contributed by atoms with Gasteiger partial charge >= 0.3 is 0 Å². The molecule has 0 saturated carbocycles. The molecule has 0 spiro atoms. The van der Waals surface area contributed by atoms with E-state index in [0.29, 0.717) is 0 Å². The van der Waals surface area contributed by atoms with E-state index >= 15 is 0 Å². The van der Waals surface area contributed by atoms with E-state index in [0.717, 1.165) is 15.9 Å². The number of hydrogen-bond acceptors (Lipinski definition) is 1. The molecular weight excluding hydrogens is 142 g/mol. The van der Waals surface area contributed by atoms with Crippen molar-refractivity contribution in [1.82, 2.24) is 4.72 Å². The van der Waals surface area contributed by atoms with Crippen LogP contribution in [-0.2, 0) is 0 Å². The normalized spacial score (nSPS) is 32.9. The van der Waals surface area contributed by atoms with Crippen molar-refractivity contribution >= 4 is 10.2 Å². The van der Waals surface area contributed by atoms with Crippen LogP contribution in [0.3, 0.4) is 0 Å². The van der Waals surface area contributed by atoms with E-state index in [4.69, 9.17) is 0 Å². The fourth-order valence-corrected chi connectivity index (χ4v) is 6.01. The van der Waals surface area contributed by atoms with Gasteiger partial charge in [-0.3, -0.25) is 4.72 Å². The maximum absolute atomic E-state index is 3.63. The van der Waals surface area contributed by atoms with Crippen LogP contribution < -0.4 is 4.72 Å². The fourth-order valence-electron chi connectivity index (χ4n) is 1.89. The van der Waals surface area contributed by atoms with Crippen molar-refractivity contribution in [3.8, 4) is 0 Å². The molecule has 62 valence electrons. The van der Waals surface area contributed by atoms with Crippen molar-refractivity contribution in [3.05, 3.63) is 0 Å². The Morgan fingerprint density at radius 1 is 1.10 bits per heavy atom. The SMILES string of the molecule is CC(C)S1(C(C)C)NC1C. The standard InChI is InChI=1S/C8H19NS/c1-6(2)10(7(3)4)8(5)9-10/h6-9H,1-5H3. The highest BCUT2D eigenvalue weighted by atomic mass is 32.3. The van der Waals surface area contributed by atoms with Gasteiger partial charge in [-0.1, -0.05) is 27.7 Å².